The maximum Gasteiger partial charge on any atom is 0.250 e. The van der Waals surface area contributed by atoms with Gasteiger partial charge in [0.25, 0.3) is 5.91 Å². The van der Waals surface area contributed by atoms with Gasteiger partial charge in [-0.2, -0.15) is 4.80 Å². The summed E-state index contributed by atoms with van der Waals surface area (Å²) in [5.41, 5.74) is 0.746. The van der Waals surface area contributed by atoms with E-state index in [0.29, 0.717) is 22.9 Å². The summed E-state index contributed by atoms with van der Waals surface area (Å²) in [7, 11) is 3.07. The summed E-state index contributed by atoms with van der Waals surface area (Å²) in [5.74, 6) is 0.441. The molecule has 0 spiro atoms. The SMILES string of the molecule is COc1ccc(-c2nnn([C@@H](C)C(=O)Nc3ccccc3F)n2)cc1OC. The Morgan fingerprint density at radius 2 is 1.89 bits per heavy atom. The molecule has 3 aromatic rings. The molecule has 1 atom stereocenters. The van der Waals surface area contributed by atoms with Gasteiger partial charge >= 0.3 is 0 Å². The van der Waals surface area contributed by atoms with E-state index >= 15 is 0 Å². The number of ether oxygens (including phenoxy) is 2. The van der Waals surface area contributed by atoms with Crippen LogP contribution in [0.2, 0.25) is 0 Å². The van der Waals surface area contributed by atoms with Crippen molar-refractivity contribution in [1.82, 2.24) is 20.2 Å². The van der Waals surface area contributed by atoms with Crippen molar-refractivity contribution < 1.29 is 18.7 Å². The lowest BCUT2D eigenvalue weighted by Crippen LogP contribution is -2.25. The zero-order chi connectivity index (χ0) is 19.4. The van der Waals surface area contributed by atoms with E-state index in [1.54, 1.807) is 44.4 Å². The molecule has 0 radical (unpaired) electrons. The number of nitrogens with zero attached hydrogens (tertiary/aromatic N) is 4. The van der Waals surface area contributed by atoms with E-state index in [9.17, 15) is 9.18 Å². The van der Waals surface area contributed by atoms with E-state index in [-0.39, 0.29) is 5.69 Å². The third-order valence-corrected chi connectivity index (χ3v) is 3.93. The fourth-order valence-electron chi connectivity index (χ4n) is 2.38. The Morgan fingerprint density at radius 3 is 2.59 bits per heavy atom. The number of halogens is 1. The maximum atomic E-state index is 13.7. The molecule has 2 aromatic carbocycles. The first-order chi connectivity index (χ1) is 13.0. The lowest BCUT2D eigenvalue weighted by Gasteiger charge is -2.11. The first-order valence-electron chi connectivity index (χ1n) is 8.10. The molecule has 1 N–H and O–H groups in total. The van der Waals surface area contributed by atoms with Gasteiger partial charge in [-0.15, -0.1) is 10.2 Å². The first kappa shape index (κ1) is 18.3. The van der Waals surface area contributed by atoms with Crippen LogP contribution in [-0.4, -0.2) is 40.3 Å². The molecule has 1 amide bonds. The van der Waals surface area contributed by atoms with E-state index in [1.165, 1.54) is 24.0 Å². The number of methoxy groups -OCH3 is 2. The Hall–Kier alpha value is -3.49. The van der Waals surface area contributed by atoms with Gasteiger partial charge in [0.15, 0.2) is 11.5 Å². The number of carbonyl (C=O) groups is 1. The number of carbonyl (C=O) groups excluding carboxylic acids is 1. The minimum Gasteiger partial charge on any atom is -0.493 e. The molecular weight excluding hydrogens is 353 g/mol. The van der Waals surface area contributed by atoms with Crippen molar-refractivity contribution in [2.24, 2.45) is 0 Å². The minimum atomic E-state index is -0.786. The van der Waals surface area contributed by atoms with Crippen LogP contribution < -0.4 is 14.8 Å². The number of nitrogens with one attached hydrogen (secondary N) is 1. The third-order valence-electron chi connectivity index (χ3n) is 3.93. The maximum absolute atomic E-state index is 13.7. The Labute approximate surface area is 154 Å². The summed E-state index contributed by atoms with van der Waals surface area (Å²) in [5, 5.41) is 14.7. The molecule has 27 heavy (non-hydrogen) atoms. The first-order valence-corrected chi connectivity index (χ1v) is 8.10. The second-order valence-electron chi connectivity index (χ2n) is 5.65. The van der Waals surface area contributed by atoms with Gasteiger partial charge in [-0.25, -0.2) is 4.39 Å². The van der Waals surface area contributed by atoms with E-state index in [0.717, 1.165) is 0 Å². The lowest BCUT2D eigenvalue weighted by atomic mass is 10.2. The van der Waals surface area contributed by atoms with Crippen LogP contribution in [0, 0.1) is 5.82 Å². The highest BCUT2D eigenvalue weighted by Gasteiger charge is 2.20. The lowest BCUT2D eigenvalue weighted by molar-refractivity contribution is -0.119. The van der Waals surface area contributed by atoms with Gasteiger partial charge in [0, 0.05) is 5.56 Å². The van der Waals surface area contributed by atoms with E-state index in [4.69, 9.17) is 9.47 Å². The summed E-state index contributed by atoms with van der Waals surface area (Å²) in [6.07, 6.45) is 0. The summed E-state index contributed by atoms with van der Waals surface area (Å²) >= 11 is 0. The number of tetrazole rings is 1. The molecule has 0 fully saturated rings. The number of benzene rings is 2. The number of rotatable bonds is 6. The van der Waals surface area contributed by atoms with Crippen molar-refractivity contribution in [2.45, 2.75) is 13.0 Å². The Bertz CT molecular complexity index is 960. The van der Waals surface area contributed by atoms with Crippen LogP contribution in [0.3, 0.4) is 0 Å². The highest BCUT2D eigenvalue weighted by molar-refractivity contribution is 5.93. The minimum absolute atomic E-state index is 0.0922. The van der Waals surface area contributed by atoms with Crippen LogP contribution in [0.15, 0.2) is 42.5 Å². The predicted octanol–water partition coefficient (Wildman–Crippen LogP) is 2.70. The standard InChI is InChI=1S/C18H18FN5O3/c1-11(18(25)20-14-7-5-4-6-13(14)19)24-22-17(21-23-24)12-8-9-15(26-2)16(10-12)27-3/h4-11H,1-3H3,(H,20,25)/t11-/m0/s1. The molecule has 0 bridgehead atoms. The van der Waals surface area contributed by atoms with Gasteiger partial charge in [0.05, 0.1) is 19.9 Å². The summed E-state index contributed by atoms with van der Waals surface area (Å²) in [4.78, 5) is 13.5. The normalized spacial score (nSPS) is 11.7. The van der Waals surface area contributed by atoms with E-state index in [1.807, 2.05) is 0 Å². The van der Waals surface area contributed by atoms with Crippen molar-refractivity contribution >= 4 is 11.6 Å². The number of hydrogen-bond donors (Lipinski definition) is 1. The van der Waals surface area contributed by atoms with Crippen molar-refractivity contribution in [3.8, 4) is 22.9 Å². The summed E-state index contributed by atoms with van der Waals surface area (Å²) in [6.45, 7) is 1.59. The van der Waals surface area contributed by atoms with Crippen molar-refractivity contribution in [3.05, 3.63) is 48.3 Å². The van der Waals surface area contributed by atoms with Crippen LogP contribution in [-0.2, 0) is 4.79 Å². The van der Waals surface area contributed by atoms with Crippen molar-refractivity contribution in [1.29, 1.82) is 0 Å². The largest absolute Gasteiger partial charge is 0.493 e. The van der Waals surface area contributed by atoms with Crippen LogP contribution in [0.1, 0.15) is 13.0 Å². The molecule has 0 saturated heterocycles. The van der Waals surface area contributed by atoms with Crippen LogP contribution >= 0.6 is 0 Å². The molecular formula is C18H18FN5O3. The number of amides is 1. The number of para-hydroxylation sites is 1. The number of hydrogen-bond acceptors (Lipinski definition) is 6. The molecule has 0 unspecified atom stereocenters. The molecule has 8 nitrogen and oxygen atoms in total. The Balaban J connectivity index is 1.79. The average Bonchev–Trinajstić information content (AvgIpc) is 3.18. The zero-order valence-electron chi connectivity index (χ0n) is 15.0. The molecule has 0 aliphatic heterocycles. The molecule has 1 heterocycles. The summed E-state index contributed by atoms with van der Waals surface area (Å²) in [6, 6.07) is 10.3. The quantitative estimate of drug-likeness (QED) is 0.716. The molecule has 140 valence electrons. The van der Waals surface area contributed by atoms with Crippen LogP contribution in [0.25, 0.3) is 11.4 Å². The third kappa shape index (κ3) is 3.86. The highest BCUT2D eigenvalue weighted by Crippen LogP contribution is 2.30. The van der Waals surface area contributed by atoms with Crippen molar-refractivity contribution in [2.75, 3.05) is 19.5 Å². The van der Waals surface area contributed by atoms with Gasteiger partial charge in [0.1, 0.15) is 11.9 Å². The Kier molecular flexibility index (Phi) is 5.30. The fraction of sp³-hybridized carbons (Fsp3) is 0.222. The predicted molar refractivity (Wildman–Crippen MR) is 96.1 cm³/mol. The fourth-order valence-corrected chi connectivity index (χ4v) is 2.38. The molecule has 0 aliphatic carbocycles. The van der Waals surface area contributed by atoms with Crippen molar-refractivity contribution in [3.63, 3.8) is 0 Å². The van der Waals surface area contributed by atoms with Gasteiger partial charge < -0.3 is 14.8 Å². The molecule has 0 saturated carbocycles. The van der Waals surface area contributed by atoms with Gasteiger partial charge in [-0.05, 0) is 42.5 Å². The Morgan fingerprint density at radius 1 is 1.15 bits per heavy atom. The summed E-state index contributed by atoms with van der Waals surface area (Å²) < 4.78 is 24.1. The molecule has 3 rings (SSSR count). The smallest absolute Gasteiger partial charge is 0.250 e. The molecule has 9 heteroatoms. The zero-order valence-corrected chi connectivity index (χ0v) is 15.0. The topological polar surface area (TPSA) is 91.2 Å². The van der Waals surface area contributed by atoms with E-state index < -0.39 is 17.8 Å². The second kappa shape index (κ2) is 7.81. The van der Waals surface area contributed by atoms with E-state index in [2.05, 4.69) is 20.7 Å². The van der Waals surface area contributed by atoms with Crippen LogP contribution in [0.5, 0.6) is 11.5 Å². The molecule has 0 aliphatic rings. The monoisotopic (exact) mass is 371 g/mol. The van der Waals surface area contributed by atoms with Crippen LogP contribution in [0.4, 0.5) is 10.1 Å². The number of anilines is 1. The second-order valence-corrected chi connectivity index (χ2v) is 5.65. The van der Waals surface area contributed by atoms with Gasteiger partial charge in [-0.3, -0.25) is 4.79 Å². The number of aromatic nitrogens is 4. The average molecular weight is 371 g/mol. The van der Waals surface area contributed by atoms with Gasteiger partial charge in [-0.1, -0.05) is 12.1 Å². The molecule has 1 aromatic heterocycles. The highest BCUT2D eigenvalue weighted by atomic mass is 19.1. The van der Waals surface area contributed by atoms with Gasteiger partial charge in [0.2, 0.25) is 5.82 Å².